The second-order valence-electron chi connectivity index (χ2n) is 4.43. The van der Waals surface area contributed by atoms with E-state index >= 15 is 0 Å². The molecule has 1 fully saturated rings. The van der Waals surface area contributed by atoms with Gasteiger partial charge in [0.1, 0.15) is 11.9 Å². The summed E-state index contributed by atoms with van der Waals surface area (Å²) in [6.45, 7) is -0.116. The zero-order chi connectivity index (χ0) is 13.8. The van der Waals surface area contributed by atoms with Crippen LogP contribution in [0.1, 0.15) is 12.8 Å². The van der Waals surface area contributed by atoms with Crippen molar-refractivity contribution in [3.8, 4) is 0 Å². The first-order chi connectivity index (χ1) is 9.08. The molecule has 0 saturated heterocycles. The number of H-pyrrole nitrogens is 1. The van der Waals surface area contributed by atoms with Gasteiger partial charge in [-0.1, -0.05) is 0 Å². The highest BCUT2D eigenvalue weighted by Gasteiger charge is 2.40. The summed E-state index contributed by atoms with van der Waals surface area (Å²) in [4.78, 5) is 26.3. The Hall–Kier alpha value is -1.34. The van der Waals surface area contributed by atoms with E-state index in [0.29, 0.717) is 18.7 Å². The smallest absolute Gasteiger partial charge is 0.396 e. The van der Waals surface area contributed by atoms with E-state index < -0.39 is 14.4 Å². The Morgan fingerprint density at radius 2 is 2.37 bits per heavy atom. The lowest BCUT2D eigenvalue weighted by atomic mass is 10.1. The fourth-order valence-electron chi connectivity index (χ4n) is 2.30. The van der Waals surface area contributed by atoms with Crippen molar-refractivity contribution in [1.29, 1.82) is 0 Å². The van der Waals surface area contributed by atoms with Crippen LogP contribution in [0.2, 0.25) is 0 Å². The number of hydrogen-bond donors (Lipinski definition) is 4. The molecule has 8 nitrogen and oxygen atoms in total. The third-order valence-corrected chi connectivity index (χ3v) is 3.57. The van der Waals surface area contributed by atoms with Crippen LogP contribution in [0.15, 0.2) is 17.2 Å². The average molecular weight is 288 g/mol. The summed E-state index contributed by atoms with van der Waals surface area (Å²) < 4.78 is 15.6. The van der Waals surface area contributed by atoms with Crippen LogP contribution in [-0.2, 0) is 9.09 Å². The molecule has 1 aromatic rings. The first-order valence-electron chi connectivity index (χ1n) is 5.83. The van der Waals surface area contributed by atoms with Crippen molar-refractivity contribution in [2.24, 2.45) is 5.92 Å². The predicted molar refractivity (Wildman–Crippen MR) is 66.8 cm³/mol. The largest absolute Gasteiger partial charge is 0.695 e. The van der Waals surface area contributed by atoms with Crippen molar-refractivity contribution in [3.63, 3.8) is 0 Å². The maximum Gasteiger partial charge on any atom is 0.695 e. The fourth-order valence-corrected chi connectivity index (χ4v) is 2.79. The molecule has 1 unspecified atom stereocenters. The molecule has 4 N–H and O–H groups in total. The van der Waals surface area contributed by atoms with Crippen LogP contribution in [0, 0.1) is 5.92 Å². The van der Waals surface area contributed by atoms with Crippen LogP contribution in [0.25, 0.3) is 0 Å². The molecule has 0 radical (unpaired) electrons. The van der Waals surface area contributed by atoms with Gasteiger partial charge in [0.15, 0.2) is 0 Å². The minimum Gasteiger partial charge on any atom is -0.396 e. The molecule has 0 aliphatic heterocycles. The van der Waals surface area contributed by atoms with Crippen LogP contribution < -0.4 is 10.9 Å². The van der Waals surface area contributed by atoms with Gasteiger partial charge >= 0.3 is 8.25 Å². The van der Waals surface area contributed by atoms with Crippen molar-refractivity contribution in [1.82, 2.24) is 9.97 Å². The number of anilines is 1. The van der Waals surface area contributed by atoms with Gasteiger partial charge in [-0.3, -0.25) is 4.79 Å². The Morgan fingerprint density at radius 3 is 3.00 bits per heavy atom. The number of nitrogens with zero attached hydrogens (tertiary/aromatic N) is 1. The van der Waals surface area contributed by atoms with Gasteiger partial charge in [-0.05, 0) is 12.8 Å². The van der Waals surface area contributed by atoms with E-state index in [9.17, 15) is 14.5 Å². The average Bonchev–Trinajstić information content (AvgIpc) is 2.70. The molecule has 4 atom stereocenters. The van der Waals surface area contributed by atoms with E-state index in [2.05, 4.69) is 15.3 Å². The fraction of sp³-hybridized carbons (Fsp3) is 0.600. The van der Waals surface area contributed by atoms with Gasteiger partial charge in [-0.25, -0.2) is 4.98 Å². The number of aromatic amines is 1. The SMILES string of the molecule is O=c1cc(N[C@@H]2C[C@H](CO)[C@@H](O[P+](=O)O)C2)nc[nH]1. The molecule has 1 aromatic heterocycles. The van der Waals surface area contributed by atoms with Crippen molar-refractivity contribution in [2.45, 2.75) is 25.0 Å². The maximum atomic E-state index is 11.1. The van der Waals surface area contributed by atoms with Crippen LogP contribution in [0.3, 0.4) is 0 Å². The Balaban J connectivity index is 1.99. The molecule has 104 valence electrons. The molecule has 19 heavy (non-hydrogen) atoms. The van der Waals surface area contributed by atoms with E-state index in [-0.39, 0.29) is 24.1 Å². The lowest BCUT2D eigenvalue weighted by Gasteiger charge is -2.11. The summed E-state index contributed by atoms with van der Waals surface area (Å²) in [5, 5.41) is 12.3. The molecule has 1 heterocycles. The van der Waals surface area contributed by atoms with Gasteiger partial charge in [0.05, 0.1) is 6.33 Å². The van der Waals surface area contributed by atoms with Gasteiger partial charge in [0, 0.05) is 29.2 Å². The number of rotatable bonds is 5. The van der Waals surface area contributed by atoms with Crippen molar-refractivity contribution >= 4 is 14.1 Å². The Morgan fingerprint density at radius 1 is 1.58 bits per heavy atom. The van der Waals surface area contributed by atoms with E-state index in [0.717, 1.165) is 0 Å². The molecule has 2 rings (SSSR count). The van der Waals surface area contributed by atoms with Crippen LogP contribution >= 0.6 is 8.25 Å². The number of aliphatic hydroxyl groups is 1. The Kier molecular flexibility index (Phi) is 4.60. The summed E-state index contributed by atoms with van der Waals surface area (Å²) >= 11 is 0. The molecule has 1 aliphatic rings. The monoisotopic (exact) mass is 288 g/mol. The van der Waals surface area contributed by atoms with Gasteiger partial charge in [0.25, 0.3) is 5.56 Å². The zero-order valence-electron chi connectivity index (χ0n) is 10.0. The Labute approximate surface area is 109 Å². The van der Waals surface area contributed by atoms with E-state index in [4.69, 9.17) is 9.42 Å². The number of nitrogens with one attached hydrogen (secondary N) is 2. The molecule has 1 saturated carbocycles. The first kappa shape index (κ1) is 14.1. The standard InChI is InChI=1S/C10H14N3O5P/c14-4-6-1-7(2-8(6)18-19(16)17)13-9-3-10(15)12-5-11-9/h3,5-8,14H,1-2,4H2,(H2-,11,12,13,15,16,17)/p+1/t6-,7-,8+/m1/s1. The highest BCUT2D eigenvalue weighted by Crippen LogP contribution is 2.35. The van der Waals surface area contributed by atoms with Gasteiger partial charge < -0.3 is 15.4 Å². The topological polar surface area (TPSA) is 125 Å². The summed E-state index contributed by atoms with van der Waals surface area (Å²) in [6, 6.07) is 1.26. The highest BCUT2D eigenvalue weighted by molar-refractivity contribution is 7.32. The zero-order valence-corrected chi connectivity index (χ0v) is 10.9. The minimum atomic E-state index is -2.69. The summed E-state index contributed by atoms with van der Waals surface area (Å²) in [5.41, 5.74) is -0.263. The van der Waals surface area contributed by atoms with Crippen LogP contribution in [0.5, 0.6) is 0 Å². The molecule has 0 spiro atoms. The molecular formula is C10H15N3O5P+. The molecule has 0 aromatic carbocycles. The van der Waals surface area contributed by atoms with Crippen LogP contribution in [-0.4, -0.2) is 38.7 Å². The molecule has 1 aliphatic carbocycles. The predicted octanol–water partition coefficient (Wildman–Crippen LogP) is -0.0124. The second kappa shape index (κ2) is 6.21. The van der Waals surface area contributed by atoms with Crippen molar-refractivity contribution < 1.29 is 19.1 Å². The minimum absolute atomic E-state index is 0.0635. The molecular weight excluding hydrogens is 273 g/mol. The first-order valence-corrected chi connectivity index (χ1v) is 6.96. The summed E-state index contributed by atoms with van der Waals surface area (Å²) in [7, 11) is -2.69. The van der Waals surface area contributed by atoms with Gasteiger partial charge in [0.2, 0.25) is 0 Å². The number of hydrogen-bond acceptors (Lipinski definition) is 6. The number of aliphatic hydroxyl groups excluding tert-OH is 1. The third kappa shape index (κ3) is 3.81. The lowest BCUT2D eigenvalue weighted by molar-refractivity contribution is 0.106. The normalized spacial score (nSPS) is 27.3. The van der Waals surface area contributed by atoms with Gasteiger partial charge in [-0.2, -0.15) is 0 Å². The molecule has 0 bridgehead atoms. The van der Waals surface area contributed by atoms with Crippen LogP contribution in [0.4, 0.5) is 5.82 Å². The van der Waals surface area contributed by atoms with E-state index in [1.165, 1.54) is 12.4 Å². The van der Waals surface area contributed by atoms with Crippen molar-refractivity contribution in [3.05, 3.63) is 22.7 Å². The maximum absolute atomic E-state index is 11.1. The van der Waals surface area contributed by atoms with E-state index in [1.54, 1.807) is 0 Å². The third-order valence-electron chi connectivity index (χ3n) is 3.12. The quantitative estimate of drug-likeness (QED) is 0.561. The van der Waals surface area contributed by atoms with E-state index in [1.807, 2.05) is 0 Å². The van der Waals surface area contributed by atoms with Crippen molar-refractivity contribution in [2.75, 3.05) is 11.9 Å². The summed E-state index contributed by atoms with van der Waals surface area (Å²) in [6.07, 6.45) is 1.88. The lowest BCUT2D eigenvalue weighted by Crippen LogP contribution is -2.19. The second-order valence-corrected chi connectivity index (χ2v) is 5.12. The van der Waals surface area contributed by atoms with Gasteiger partial charge in [-0.15, -0.1) is 9.42 Å². The molecule has 9 heteroatoms. The highest BCUT2D eigenvalue weighted by atomic mass is 31.1. The summed E-state index contributed by atoms with van der Waals surface area (Å²) in [5.74, 6) is 0.227. The Bertz CT molecular complexity index is 508. The molecule has 0 amide bonds. The number of aromatic nitrogens is 2.